The molecule has 0 heterocycles. The molecule has 5 heteroatoms. The highest BCUT2D eigenvalue weighted by molar-refractivity contribution is 6.44. The summed E-state index contributed by atoms with van der Waals surface area (Å²) < 4.78 is 0. The normalized spacial score (nSPS) is 11.6. The standard InChI is InChI=1S/C20H20ClN3O/c1-5-14-6-10-16(11-7-14)22-19(18(25)20(2,3)4)24-23-17-12-8-15(21)9-13-17/h1,6-13,23H,2-4H3,(H,22,24). The Kier molecular flexibility index (Phi) is 5.84. The number of ketones is 1. The number of anilines is 2. The van der Waals surface area contributed by atoms with Gasteiger partial charge in [-0.05, 0) is 48.5 Å². The van der Waals surface area contributed by atoms with Gasteiger partial charge in [-0.3, -0.25) is 10.2 Å². The zero-order chi connectivity index (χ0) is 18.4. The van der Waals surface area contributed by atoms with E-state index in [0.717, 1.165) is 16.9 Å². The van der Waals surface area contributed by atoms with Gasteiger partial charge in [-0.15, -0.1) is 6.42 Å². The summed E-state index contributed by atoms with van der Waals surface area (Å²) in [6.07, 6.45) is 5.36. The Morgan fingerprint density at radius 2 is 1.60 bits per heavy atom. The molecule has 0 saturated heterocycles. The number of hydrogen-bond donors (Lipinski definition) is 2. The molecule has 0 spiro atoms. The van der Waals surface area contributed by atoms with Gasteiger partial charge in [0.1, 0.15) is 0 Å². The molecule has 0 aliphatic carbocycles. The Hall–Kier alpha value is -2.77. The maximum Gasteiger partial charge on any atom is 0.205 e. The van der Waals surface area contributed by atoms with Crippen LogP contribution in [0.5, 0.6) is 0 Å². The molecule has 4 nitrogen and oxygen atoms in total. The molecule has 0 amide bonds. The van der Waals surface area contributed by atoms with Crippen LogP contribution in [0.3, 0.4) is 0 Å². The molecule has 0 aliphatic heterocycles. The van der Waals surface area contributed by atoms with Gasteiger partial charge < -0.3 is 5.32 Å². The van der Waals surface area contributed by atoms with Crippen molar-refractivity contribution in [1.29, 1.82) is 0 Å². The molecule has 0 aromatic heterocycles. The summed E-state index contributed by atoms with van der Waals surface area (Å²) in [7, 11) is 0. The molecular formula is C20H20ClN3O. The minimum absolute atomic E-state index is 0.116. The van der Waals surface area contributed by atoms with E-state index in [1.807, 2.05) is 32.9 Å². The first-order valence-corrected chi connectivity index (χ1v) is 8.15. The van der Waals surface area contributed by atoms with Crippen LogP contribution in [0.4, 0.5) is 11.4 Å². The fourth-order valence-electron chi connectivity index (χ4n) is 1.92. The minimum atomic E-state index is -0.577. The lowest BCUT2D eigenvalue weighted by Crippen LogP contribution is -2.34. The van der Waals surface area contributed by atoms with Gasteiger partial charge in [-0.2, -0.15) is 5.10 Å². The first-order valence-electron chi connectivity index (χ1n) is 7.77. The second kappa shape index (κ2) is 7.87. The lowest BCUT2D eigenvalue weighted by Gasteiger charge is -2.19. The third kappa shape index (κ3) is 5.37. The third-order valence-corrected chi connectivity index (χ3v) is 3.60. The smallest absolute Gasteiger partial charge is 0.205 e. The number of rotatable bonds is 4. The van der Waals surface area contributed by atoms with Gasteiger partial charge in [0, 0.05) is 21.7 Å². The molecule has 0 bridgehead atoms. The number of carbonyl (C=O) groups excluding carboxylic acids is 1. The van der Waals surface area contributed by atoms with Crippen LogP contribution in [-0.2, 0) is 4.79 Å². The molecule has 0 unspecified atom stereocenters. The predicted octanol–water partition coefficient (Wildman–Crippen LogP) is 4.77. The summed E-state index contributed by atoms with van der Waals surface area (Å²) in [6, 6.07) is 14.3. The van der Waals surface area contributed by atoms with Crippen LogP contribution in [0, 0.1) is 17.8 Å². The molecule has 0 fully saturated rings. The first kappa shape index (κ1) is 18.6. The van der Waals surface area contributed by atoms with E-state index in [9.17, 15) is 4.79 Å². The molecule has 128 valence electrons. The Bertz CT molecular complexity index is 810. The molecule has 0 aliphatic rings. The van der Waals surface area contributed by atoms with Gasteiger partial charge in [0.05, 0.1) is 5.69 Å². The minimum Gasteiger partial charge on any atom is -0.336 e. The molecule has 2 rings (SSSR count). The molecule has 25 heavy (non-hydrogen) atoms. The van der Waals surface area contributed by atoms with Crippen LogP contribution < -0.4 is 10.7 Å². The number of nitrogens with zero attached hydrogens (tertiary/aromatic N) is 1. The van der Waals surface area contributed by atoms with Gasteiger partial charge in [-0.1, -0.05) is 38.3 Å². The molecule has 2 aromatic rings. The van der Waals surface area contributed by atoms with Gasteiger partial charge in [0.15, 0.2) is 5.84 Å². The van der Waals surface area contributed by atoms with E-state index in [1.54, 1.807) is 36.4 Å². The summed E-state index contributed by atoms with van der Waals surface area (Å²) in [6.45, 7) is 5.53. The molecule has 0 radical (unpaired) electrons. The van der Waals surface area contributed by atoms with Crippen molar-refractivity contribution in [3.05, 3.63) is 59.1 Å². The number of Topliss-reactive ketones (excluding diaryl/α,β-unsaturated/α-hetero) is 1. The summed E-state index contributed by atoms with van der Waals surface area (Å²) in [5, 5.41) is 7.94. The van der Waals surface area contributed by atoms with Crippen LogP contribution >= 0.6 is 11.6 Å². The number of hydrogen-bond acceptors (Lipinski definition) is 3. The van der Waals surface area contributed by atoms with Crippen molar-refractivity contribution in [2.75, 3.05) is 10.7 Å². The highest BCUT2D eigenvalue weighted by Crippen LogP contribution is 2.18. The predicted molar refractivity (Wildman–Crippen MR) is 105 cm³/mol. The van der Waals surface area contributed by atoms with E-state index in [0.29, 0.717) is 5.02 Å². The van der Waals surface area contributed by atoms with Crippen LogP contribution in [0.25, 0.3) is 0 Å². The van der Waals surface area contributed by atoms with Crippen LogP contribution in [0.1, 0.15) is 26.3 Å². The Balaban J connectivity index is 2.25. The average Bonchev–Trinajstić information content (AvgIpc) is 2.59. The van der Waals surface area contributed by atoms with Crippen molar-refractivity contribution in [2.45, 2.75) is 20.8 Å². The van der Waals surface area contributed by atoms with E-state index in [2.05, 4.69) is 21.8 Å². The Labute approximate surface area is 153 Å². The van der Waals surface area contributed by atoms with Gasteiger partial charge in [0.25, 0.3) is 0 Å². The van der Waals surface area contributed by atoms with Gasteiger partial charge >= 0.3 is 0 Å². The Morgan fingerprint density at radius 1 is 1.04 bits per heavy atom. The molecular weight excluding hydrogens is 334 g/mol. The largest absolute Gasteiger partial charge is 0.336 e. The fourth-order valence-corrected chi connectivity index (χ4v) is 2.05. The number of hydrazone groups is 1. The topological polar surface area (TPSA) is 53.5 Å². The van der Waals surface area contributed by atoms with Crippen molar-refractivity contribution >= 4 is 34.6 Å². The van der Waals surface area contributed by atoms with Gasteiger partial charge in [0.2, 0.25) is 5.78 Å². The van der Waals surface area contributed by atoms with Gasteiger partial charge in [-0.25, -0.2) is 0 Å². The quantitative estimate of drug-likeness (QED) is 0.360. The van der Waals surface area contributed by atoms with E-state index in [4.69, 9.17) is 18.0 Å². The third-order valence-electron chi connectivity index (χ3n) is 3.35. The monoisotopic (exact) mass is 353 g/mol. The van der Waals surface area contributed by atoms with Crippen molar-refractivity contribution in [3.8, 4) is 12.3 Å². The van der Waals surface area contributed by atoms with E-state index < -0.39 is 5.41 Å². The summed E-state index contributed by atoms with van der Waals surface area (Å²) in [5.41, 5.74) is 4.53. The van der Waals surface area contributed by atoms with E-state index in [1.165, 1.54) is 0 Å². The van der Waals surface area contributed by atoms with E-state index >= 15 is 0 Å². The van der Waals surface area contributed by atoms with Crippen molar-refractivity contribution < 1.29 is 4.79 Å². The Morgan fingerprint density at radius 3 is 2.12 bits per heavy atom. The highest BCUT2D eigenvalue weighted by Gasteiger charge is 2.27. The number of halogens is 1. The second-order valence-electron chi connectivity index (χ2n) is 6.50. The number of amidine groups is 1. The van der Waals surface area contributed by atoms with Crippen molar-refractivity contribution in [1.82, 2.24) is 0 Å². The maximum absolute atomic E-state index is 12.7. The number of nitrogens with one attached hydrogen (secondary N) is 2. The zero-order valence-corrected chi connectivity index (χ0v) is 15.2. The second-order valence-corrected chi connectivity index (χ2v) is 6.94. The van der Waals surface area contributed by atoms with Crippen LogP contribution in [0.2, 0.25) is 5.02 Å². The average molecular weight is 354 g/mol. The summed E-state index contributed by atoms with van der Waals surface area (Å²) in [5.74, 6) is 2.66. The number of benzene rings is 2. The molecule has 2 N–H and O–H groups in total. The lowest BCUT2D eigenvalue weighted by molar-refractivity contribution is -0.119. The van der Waals surface area contributed by atoms with Crippen LogP contribution in [0.15, 0.2) is 53.6 Å². The molecule has 2 aromatic carbocycles. The number of carbonyl (C=O) groups is 1. The highest BCUT2D eigenvalue weighted by atomic mass is 35.5. The SMILES string of the molecule is C#Cc1ccc(N/C(=N\Nc2ccc(Cl)cc2)C(=O)C(C)(C)C)cc1. The molecule has 0 saturated carbocycles. The fraction of sp³-hybridized carbons (Fsp3) is 0.200. The maximum atomic E-state index is 12.7. The summed E-state index contributed by atoms with van der Waals surface area (Å²) >= 11 is 5.87. The first-order chi connectivity index (χ1) is 11.8. The van der Waals surface area contributed by atoms with Crippen molar-refractivity contribution in [3.63, 3.8) is 0 Å². The number of terminal acetylenes is 1. The lowest BCUT2D eigenvalue weighted by atomic mass is 9.90. The van der Waals surface area contributed by atoms with E-state index in [-0.39, 0.29) is 11.6 Å². The molecule has 0 atom stereocenters. The van der Waals surface area contributed by atoms with Crippen LogP contribution in [-0.4, -0.2) is 11.6 Å². The van der Waals surface area contributed by atoms with Crippen molar-refractivity contribution in [2.24, 2.45) is 10.5 Å². The zero-order valence-electron chi connectivity index (χ0n) is 14.4. The summed E-state index contributed by atoms with van der Waals surface area (Å²) in [4.78, 5) is 12.7.